The minimum Gasteiger partial charge on any atom is -0.317 e. The summed E-state index contributed by atoms with van der Waals surface area (Å²) < 4.78 is 0. The van der Waals surface area contributed by atoms with E-state index < -0.39 is 12.1 Å². The second-order valence-electron chi connectivity index (χ2n) is 22.4. The Morgan fingerprint density at radius 1 is 0.505 bits per heavy atom. The Bertz CT molecular complexity index is 4930. The van der Waals surface area contributed by atoms with Crippen LogP contribution in [0.15, 0.2) is 156 Å². The molecule has 2 aliphatic carbocycles. The van der Waals surface area contributed by atoms with Crippen molar-refractivity contribution in [2.45, 2.75) is 24.9 Å². The van der Waals surface area contributed by atoms with Gasteiger partial charge in [0.15, 0.2) is 0 Å². The molecule has 7 aromatic rings. The van der Waals surface area contributed by atoms with Gasteiger partial charge in [-0.15, -0.1) is 89.4 Å². The molecule has 0 saturated carbocycles. The monoisotopic (exact) mass is 1140 g/mol. The lowest BCUT2D eigenvalue weighted by molar-refractivity contribution is 0.998. The Kier molecular flexibility index (Phi) is 21.4. The highest BCUT2D eigenvalue weighted by Gasteiger charge is 2.36. The van der Waals surface area contributed by atoms with E-state index in [0.29, 0.717) is 54.8 Å². The van der Waals surface area contributed by atoms with Crippen molar-refractivity contribution in [3.05, 3.63) is 173 Å². The third-order valence-corrected chi connectivity index (χ3v) is 17.3. The predicted molar refractivity (Wildman–Crippen MR) is 433 cm³/mol. The van der Waals surface area contributed by atoms with E-state index in [2.05, 4.69) is 18.4 Å². The van der Waals surface area contributed by atoms with Crippen LogP contribution in [0.1, 0.15) is 23.1 Å². The summed E-state index contributed by atoms with van der Waals surface area (Å²) in [5.41, 5.74) is 0.160. The Labute approximate surface area is 597 Å². The summed E-state index contributed by atoms with van der Waals surface area (Å²) in [4.78, 5) is 3.33. The molecule has 31 heteroatoms. The van der Waals surface area contributed by atoms with Crippen molar-refractivity contribution < 1.29 is 0 Å². The Morgan fingerprint density at radius 2 is 0.958 bits per heavy atom. The van der Waals surface area contributed by atoms with Crippen LogP contribution in [0, 0.1) is 24.7 Å². The molecule has 95 heavy (non-hydrogen) atoms. The van der Waals surface area contributed by atoms with Crippen LogP contribution in [0.3, 0.4) is 0 Å². The van der Waals surface area contributed by atoms with E-state index in [1.807, 2.05) is 42.5 Å². The molecule has 0 aromatic heterocycles. The average Bonchev–Trinajstić information content (AvgIpc) is 1.67. The van der Waals surface area contributed by atoms with Crippen LogP contribution >= 0.6 is 0 Å². The number of hydrogen-bond donors (Lipinski definition) is 0. The van der Waals surface area contributed by atoms with Crippen LogP contribution in [0.5, 0.6) is 0 Å². The van der Waals surface area contributed by atoms with Gasteiger partial charge in [0.25, 0.3) is 0 Å². The van der Waals surface area contributed by atoms with Crippen LogP contribution in [-0.4, -0.2) is 228 Å². The van der Waals surface area contributed by atoms with Gasteiger partial charge in [-0.2, -0.15) is 5.37 Å². The van der Waals surface area contributed by atoms with Gasteiger partial charge in [0.05, 0.1) is 50.6 Å². The average molecular weight is 1130 g/mol. The van der Waals surface area contributed by atoms with Crippen molar-refractivity contribution in [1.29, 1.82) is 0 Å². The van der Waals surface area contributed by atoms with Crippen LogP contribution in [0.4, 0.5) is 11.4 Å². The van der Waals surface area contributed by atoms with E-state index in [4.69, 9.17) is 240 Å². The fourth-order valence-electron chi connectivity index (χ4n) is 12.0. The zero-order chi connectivity index (χ0) is 70.3. The second kappa shape index (κ2) is 28.0. The number of hydrogen-bond acceptors (Lipinski definition) is 2. The third-order valence-electron chi connectivity index (χ3n) is 17.3. The molecule has 2 nitrogen and oxygen atoms in total. The van der Waals surface area contributed by atoms with E-state index in [1.165, 1.54) is 11.0 Å². The highest BCUT2D eigenvalue weighted by atomic mass is 15.2. The topological polar surface area (TPSA) is 6.48 Å². The third kappa shape index (κ3) is 12.1. The number of terminal acetylenes is 2. The zero-order valence-corrected chi connectivity index (χ0v) is 51.5. The minimum absolute atomic E-state index is 0.00764. The SMILES string of the molecule is [B]C/C(=C\C(C(=C)/C([B])=C(/[B])C([B])=C([B])[B])=C(/C#C)N(/C(C[B])=C([B])/C([B])=C(/[B])C#C)c1ccc2ccc3c(N(C4=C(c5c([B])c([B])c([B])c([B])c5[B])C=C(c5c([B])c([B])c([B])c([B])c5[B])C4)C4=C([B])C([B])=C([B])C4[B])ccc4ccc1c2c43)c1c([B])c([B])c([B])c([B])c1[B]. The molecule has 2 aliphatic rings. The van der Waals surface area contributed by atoms with Gasteiger partial charge in [-0.1, -0.05) is 116 Å². The minimum atomic E-state index is -1.16. The normalized spacial score (nSPS) is 15.3. The van der Waals surface area contributed by atoms with Gasteiger partial charge in [0.2, 0.25) is 0 Å². The Morgan fingerprint density at radius 3 is 1.40 bits per heavy atom. The van der Waals surface area contributed by atoms with Gasteiger partial charge < -0.3 is 9.80 Å². The highest BCUT2D eigenvalue weighted by molar-refractivity contribution is 6.71. The maximum Gasteiger partial charge on any atom is 0.125 e. The van der Waals surface area contributed by atoms with Gasteiger partial charge in [-0.3, -0.25) is 0 Å². The highest BCUT2D eigenvalue weighted by Crippen LogP contribution is 2.51. The molecule has 7 aromatic carbocycles. The van der Waals surface area contributed by atoms with Crippen LogP contribution in [0.2, 0.25) is 18.5 Å². The molecule has 1 unspecified atom stereocenters. The Hall–Kier alpha value is -6.68. The first kappa shape index (κ1) is 72.6. The zero-order valence-electron chi connectivity index (χ0n) is 51.5. The van der Waals surface area contributed by atoms with Crippen molar-refractivity contribution in [3.8, 4) is 24.7 Å². The maximum absolute atomic E-state index is 7.14. The quantitative estimate of drug-likeness (QED) is 0.0412. The molecule has 0 spiro atoms. The van der Waals surface area contributed by atoms with Gasteiger partial charge >= 0.3 is 0 Å². The molecule has 0 amide bonds. The van der Waals surface area contributed by atoms with Gasteiger partial charge in [0.1, 0.15) is 194 Å². The largest absolute Gasteiger partial charge is 0.317 e. The molecular formula is C64H21B29N2. The molecule has 0 saturated heterocycles. The molecule has 374 valence electrons. The van der Waals surface area contributed by atoms with Gasteiger partial charge in [-0.25, -0.2) is 0 Å². The summed E-state index contributed by atoms with van der Waals surface area (Å²) in [5, 5.41) is 3.32. The first-order chi connectivity index (χ1) is 44.7. The molecule has 58 radical (unpaired) electrons. The van der Waals surface area contributed by atoms with Gasteiger partial charge in [0, 0.05) is 45.4 Å². The maximum atomic E-state index is 7.14. The fourth-order valence-corrected chi connectivity index (χ4v) is 12.0. The lowest BCUT2D eigenvalue weighted by atomic mass is 9.59. The van der Waals surface area contributed by atoms with E-state index in [1.54, 1.807) is 17.0 Å². The number of nitrogens with zero attached hydrogens (tertiary/aromatic N) is 2. The molecule has 0 bridgehead atoms. The number of benzene rings is 7. The molecular weight excluding hydrogens is 1110 g/mol. The fraction of sp³-hybridized carbons (Fsp3) is 0.0625. The summed E-state index contributed by atoms with van der Waals surface area (Å²) in [6.45, 7) is 4.38. The second-order valence-corrected chi connectivity index (χ2v) is 22.4. The van der Waals surface area contributed by atoms with E-state index in [9.17, 15) is 0 Å². The summed E-state index contributed by atoms with van der Waals surface area (Å²) in [5.74, 6) is 3.98. The summed E-state index contributed by atoms with van der Waals surface area (Å²) >= 11 is 0. The van der Waals surface area contributed by atoms with E-state index in [-0.39, 0.29) is 205 Å². The summed E-state index contributed by atoms with van der Waals surface area (Å²) in [6, 6.07) is 14.8. The smallest absolute Gasteiger partial charge is 0.125 e. The van der Waals surface area contributed by atoms with Gasteiger partial charge in [-0.05, 0) is 91.4 Å². The standard InChI is InChI=1S/C64H21B29N2/c1-4-28(67)40(69)41(70)33(18-66)94(29(5-2)26(19(3)39(68)48(77)62(91)64(92)93)15-23(17-65)37-44(73)51(80)56(85)52(81)45(37)74)30-12-8-20-7-11-25-31(13-9-21-6-10-24(30)34(20)35(21)25)95(63-60(89)58(87)59(88)61(63)90)32-16-22(36-42(71)49(78)55(84)50(79)43(36)72)14-27(32)38-46(75)53(82)57(86)54(83)47(38)76/h1-2,6-15,60H,3,16-18H2/b23-15+,29-26-,40-28-,41-33-,48-39-. The van der Waals surface area contributed by atoms with Crippen LogP contribution < -0.4 is 91.7 Å². The lowest BCUT2D eigenvalue weighted by Crippen LogP contribution is -2.56. The summed E-state index contributed by atoms with van der Waals surface area (Å²) in [7, 11) is 192. The van der Waals surface area contributed by atoms with Crippen LogP contribution in [-0.2, 0) is 0 Å². The molecule has 1 atom stereocenters. The van der Waals surface area contributed by atoms with Crippen molar-refractivity contribution in [2.24, 2.45) is 0 Å². The molecule has 9 rings (SSSR count). The lowest BCUT2D eigenvalue weighted by Gasteiger charge is -2.36. The molecule has 0 heterocycles. The molecule has 0 fully saturated rings. The number of allylic oxidation sites excluding steroid dienone is 18. The molecule has 0 aliphatic heterocycles. The summed E-state index contributed by atoms with van der Waals surface area (Å²) in [6.07, 6.45) is 15.0. The van der Waals surface area contributed by atoms with E-state index in [0.717, 1.165) is 0 Å². The van der Waals surface area contributed by atoms with Crippen LogP contribution in [0.25, 0.3) is 49.0 Å². The number of rotatable bonds is 16. The number of anilines is 2. The van der Waals surface area contributed by atoms with Crippen molar-refractivity contribution in [3.63, 3.8) is 0 Å². The predicted octanol–water partition coefficient (Wildman–Crippen LogP) is -8.61. The molecule has 0 N–H and O–H groups in total. The van der Waals surface area contributed by atoms with Crippen molar-refractivity contribution >= 4 is 370 Å². The van der Waals surface area contributed by atoms with Crippen molar-refractivity contribution in [2.75, 3.05) is 9.80 Å². The first-order valence-corrected chi connectivity index (χ1v) is 28.5. The Balaban J connectivity index is 1.46. The van der Waals surface area contributed by atoms with Crippen molar-refractivity contribution in [1.82, 2.24) is 0 Å². The first-order valence-electron chi connectivity index (χ1n) is 28.5. The van der Waals surface area contributed by atoms with E-state index >= 15 is 0 Å².